The molecule has 0 N–H and O–H groups in total. The number of likely N-dealkylation sites (N-methyl/N-ethyl adjacent to an activating group) is 2. The number of hydrogen-bond donors (Lipinski definition) is 0. The normalized spacial score (nSPS) is 10.1. The molecular weight excluding hydrogens is 277 g/mol. The molecule has 98 valence electrons. The molecule has 1 aromatic rings. The summed E-state index contributed by atoms with van der Waals surface area (Å²) in [6, 6.07) is 2.82. The van der Waals surface area contributed by atoms with Crippen LogP contribution in [0.4, 0.5) is 0 Å². The molecule has 0 spiro atoms. The minimum atomic E-state index is -0.337. The van der Waals surface area contributed by atoms with E-state index in [1.54, 1.807) is 14.1 Å². The van der Waals surface area contributed by atoms with Crippen LogP contribution in [0.3, 0.4) is 0 Å². The molecular formula is C11H13Cl2N3O2. The zero-order valence-electron chi connectivity index (χ0n) is 10.3. The highest BCUT2D eigenvalue weighted by molar-refractivity contribution is 6.33. The molecule has 0 aromatic carbocycles. The first-order valence-corrected chi connectivity index (χ1v) is 5.85. The Labute approximate surface area is 115 Å². The largest absolute Gasteiger partial charge is 0.347 e. The monoisotopic (exact) mass is 289 g/mol. The van der Waals surface area contributed by atoms with Gasteiger partial charge in [0, 0.05) is 26.7 Å². The van der Waals surface area contributed by atoms with Crippen molar-refractivity contribution in [1.29, 1.82) is 0 Å². The van der Waals surface area contributed by atoms with Gasteiger partial charge in [-0.3, -0.25) is 9.59 Å². The van der Waals surface area contributed by atoms with Crippen LogP contribution in [-0.4, -0.2) is 54.3 Å². The van der Waals surface area contributed by atoms with Crippen molar-refractivity contribution in [2.24, 2.45) is 0 Å². The van der Waals surface area contributed by atoms with Crippen LogP contribution < -0.4 is 0 Å². The number of carbonyl (C=O) groups excluding carboxylic acids is 2. The van der Waals surface area contributed by atoms with Crippen molar-refractivity contribution in [3.63, 3.8) is 0 Å². The summed E-state index contributed by atoms with van der Waals surface area (Å²) in [5.74, 6) is -0.506. The number of aromatic nitrogens is 1. The maximum atomic E-state index is 12.0. The van der Waals surface area contributed by atoms with Crippen LogP contribution in [0, 0.1) is 0 Å². The van der Waals surface area contributed by atoms with E-state index in [1.165, 1.54) is 29.0 Å². The van der Waals surface area contributed by atoms with E-state index in [0.717, 1.165) is 0 Å². The number of halogens is 2. The van der Waals surface area contributed by atoms with Gasteiger partial charge in [-0.05, 0) is 12.1 Å². The maximum absolute atomic E-state index is 12.0. The van der Waals surface area contributed by atoms with Crippen molar-refractivity contribution in [1.82, 2.24) is 14.8 Å². The predicted octanol–water partition coefficient (Wildman–Crippen LogP) is 1.55. The summed E-state index contributed by atoms with van der Waals surface area (Å²) in [5.41, 5.74) is 0.300. The fourth-order valence-electron chi connectivity index (χ4n) is 1.22. The molecule has 5 nitrogen and oxygen atoms in total. The number of carbonyl (C=O) groups is 2. The van der Waals surface area contributed by atoms with Crippen LogP contribution in [-0.2, 0) is 4.79 Å². The Balaban J connectivity index is 2.83. The second-order valence-electron chi connectivity index (χ2n) is 3.95. The van der Waals surface area contributed by atoms with E-state index in [4.69, 9.17) is 23.2 Å². The summed E-state index contributed by atoms with van der Waals surface area (Å²) >= 11 is 11.4. The fourth-order valence-corrected chi connectivity index (χ4v) is 1.69. The van der Waals surface area contributed by atoms with Gasteiger partial charge >= 0.3 is 0 Å². The van der Waals surface area contributed by atoms with Crippen molar-refractivity contribution in [2.45, 2.75) is 0 Å². The Hall–Kier alpha value is -1.33. The molecule has 0 saturated carbocycles. The van der Waals surface area contributed by atoms with Crippen molar-refractivity contribution in [3.05, 3.63) is 28.0 Å². The molecule has 0 fully saturated rings. The van der Waals surface area contributed by atoms with Gasteiger partial charge in [0.25, 0.3) is 5.91 Å². The van der Waals surface area contributed by atoms with E-state index in [-0.39, 0.29) is 28.7 Å². The van der Waals surface area contributed by atoms with Gasteiger partial charge < -0.3 is 9.80 Å². The third-order valence-corrected chi connectivity index (χ3v) is 2.61. The molecule has 0 radical (unpaired) electrons. The summed E-state index contributed by atoms with van der Waals surface area (Å²) in [6.45, 7) is -0.0105. The molecule has 1 heterocycles. The van der Waals surface area contributed by atoms with Gasteiger partial charge in [0.1, 0.15) is 10.3 Å². The number of rotatable bonds is 3. The van der Waals surface area contributed by atoms with Crippen LogP contribution in [0.2, 0.25) is 10.3 Å². The fraction of sp³-hybridized carbons (Fsp3) is 0.364. The lowest BCUT2D eigenvalue weighted by atomic mass is 10.2. The quantitative estimate of drug-likeness (QED) is 0.794. The standard InChI is InChI=1S/C11H13Cl2N3O2/c1-15(2)10(17)6-16(3)11(18)7-4-8(12)14-9(13)5-7/h4-5H,6H2,1-3H3. The van der Waals surface area contributed by atoms with Crippen molar-refractivity contribution < 1.29 is 9.59 Å². The maximum Gasteiger partial charge on any atom is 0.254 e. The first kappa shape index (κ1) is 14.7. The van der Waals surface area contributed by atoms with Crippen molar-refractivity contribution >= 4 is 35.0 Å². The summed E-state index contributed by atoms with van der Waals surface area (Å²) in [6.07, 6.45) is 0. The van der Waals surface area contributed by atoms with E-state index < -0.39 is 0 Å². The average molecular weight is 290 g/mol. The average Bonchev–Trinajstić information content (AvgIpc) is 2.26. The van der Waals surface area contributed by atoms with Gasteiger partial charge in [0.15, 0.2) is 0 Å². The Morgan fingerprint density at radius 2 is 1.67 bits per heavy atom. The van der Waals surface area contributed by atoms with E-state index >= 15 is 0 Å². The molecule has 0 bridgehead atoms. The van der Waals surface area contributed by atoms with Gasteiger partial charge in [0.05, 0.1) is 6.54 Å². The zero-order valence-corrected chi connectivity index (χ0v) is 11.8. The molecule has 1 aromatic heterocycles. The number of amides is 2. The second kappa shape index (κ2) is 6.02. The van der Waals surface area contributed by atoms with Crippen LogP contribution in [0.15, 0.2) is 12.1 Å². The Morgan fingerprint density at radius 3 is 2.11 bits per heavy atom. The topological polar surface area (TPSA) is 53.5 Å². The molecule has 0 aliphatic rings. The highest BCUT2D eigenvalue weighted by Gasteiger charge is 2.17. The van der Waals surface area contributed by atoms with Gasteiger partial charge in [0.2, 0.25) is 5.91 Å². The molecule has 18 heavy (non-hydrogen) atoms. The Bertz CT molecular complexity index is 457. The minimum absolute atomic E-state index is 0.0105. The highest BCUT2D eigenvalue weighted by Crippen LogP contribution is 2.15. The van der Waals surface area contributed by atoms with Crippen LogP contribution in [0.1, 0.15) is 10.4 Å². The lowest BCUT2D eigenvalue weighted by molar-refractivity contribution is -0.129. The predicted molar refractivity (Wildman–Crippen MR) is 69.9 cm³/mol. The van der Waals surface area contributed by atoms with Gasteiger partial charge in [-0.25, -0.2) is 4.98 Å². The van der Waals surface area contributed by atoms with Gasteiger partial charge in [-0.2, -0.15) is 0 Å². The smallest absolute Gasteiger partial charge is 0.254 e. The Kier molecular flexibility index (Phi) is 4.93. The SMILES string of the molecule is CN(C)C(=O)CN(C)C(=O)c1cc(Cl)nc(Cl)c1. The van der Waals surface area contributed by atoms with Crippen LogP contribution >= 0.6 is 23.2 Å². The van der Waals surface area contributed by atoms with Gasteiger partial charge in [-0.1, -0.05) is 23.2 Å². The molecule has 0 saturated heterocycles. The molecule has 0 aliphatic heterocycles. The molecule has 7 heteroatoms. The minimum Gasteiger partial charge on any atom is -0.347 e. The number of pyridine rings is 1. The highest BCUT2D eigenvalue weighted by atomic mass is 35.5. The van der Waals surface area contributed by atoms with E-state index in [1.807, 2.05) is 0 Å². The third kappa shape index (κ3) is 3.85. The van der Waals surface area contributed by atoms with E-state index in [0.29, 0.717) is 5.56 Å². The lowest BCUT2D eigenvalue weighted by Crippen LogP contribution is -2.37. The Morgan fingerprint density at radius 1 is 1.17 bits per heavy atom. The third-order valence-electron chi connectivity index (χ3n) is 2.23. The summed E-state index contributed by atoms with van der Waals surface area (Å²) in [5, 5.41) is 0.274. The molecule has 0 aliphatic carbocycles. The number of hydrogen-bond acceptors (Lipinski definition) is 3. The molecule has 1 rings (SSSR count). The first-order valence-electron chi connectivity index (χ1n) is 5.10. The number of nitrogens with zero attached hydrogens (tertiary/aromatic N) is 3. The zero-order chi connectivity index (χ0) is 13.9. The second-order valence-corrected chi connectivity index (χ2v) is 4.73. The lowest BCUT2D eigenvalue weighted by Gasteiger charge is -2.19. The summed E-state index contributed by atoms with van der Waals surface area (Å²) < 4.78 is 0. The molecule has 0 unspecified atom stereocenters. The molecule has 2 amide bonds. The van der Waals surface area contributed by atoms with Gasteiger partial charge in [-0.15, -0.1) is 0 Å². The molecule has 0 atom stereocenters. The van der Waals surface area contributed by atoms with Crippen LogP contribution in [0.5, 0.6) is 0 Å². The van der Waals surface area contributed by atoms with Crippen molar-refractivity contribution in [3.8, 4) is 0 Å². The first-order chi connectivity index (χ1) is 8.31. The van der Waals surface area contributed by atoms with E-state index in [2.05, 4.69) is 4.98 Å². The summed E-state index contributed by atoms with van der Waals surface area (Å²) in [7, 11) is 4.79. The van der Waals surface area contributed by atoms with Crippen molar-refractivity contribution in [2.75, 3.05) is 27.7 Å². The summed E-state index contributed by atoms with van der Waals surface area (Å²) in [4.78, 5) is 30.0. The van der Waals surface area contributed by atoms with Crippen LogP contribution in [0.25, 0.3) is 0 Å². The van der Waals surface area contributed by atoms with E-state index in [9.17, 15) is 9.59 Å².